The Hall–Kier alpha value is -2.33. The van der Waals surface area contributed by atoms with Crippen LogP contribution in [0.3, 0.4) is 0 Å². The van der Waals surface area contributed by atoms with Crippen LogP contribution in [0.4, 0.5) is 0 Å². The molecular weight excluding hydrogens is 302 g/mol. The summed E-state index contributed by atoms with van der Waals surface area (Å²) in [7, 11) is 0. The highest BCUT2D eigenvalue weighted by atomic mass is 16.5. The Labute approximate surface area is 142 Å². The molecule has 0 spiro atoms. The zero-order valence-corrected chi connectivity index (χ0v) is 14.0. The Morgan fingerprint density at radius 3 is 2.71 bits per heavy atom. The van der Waals surface area contributed by atoms with Crippen LogP contribution in [0.2, 0.25) is 0 Å². The van der Waals surface area contributed by atoms with Crippen molar-refractivity contribution in [2.75, 3.05) is 13.2 Å². The van der Waals surface area contributed by atoms with Crippen molar-refractivity contribution >= 4 is 5.91 Å². The van der Waals surface area contributed by atoms with Crippen molar-refractivity contribution in [2.24, 2.45) is 0 Å². The van der Waals surface area contributed by atoms with Gasteiger partial charge in [-0.05, 0) is 55.2 Å². The molecule has 2 aromatic carbocycles. The lowest BCUT2D eigenvalue weighted by Crippen LogP contribution is -2.23. The van der Waals surface area contributed by atoms with Gasteiger partial charge in [0.2, 0.25) is 0 Å². The van der Waals surface area contributed by atoms with Crippen LogP contribution in [0.15, 0.2) is 48.5 Å². The molecule has 4 heteroatoms. The molecule has 0 saturated carbocycles. The summed E-state index contributed by atoms with van der Waals surface area (Å²) in [6.45, 7) is 3.97. The average molecular weight is 325 g/mol. The van der Waals surface area contributed by atoms with Crippen LogP contribution in [-0.4, -0.2) is 25.2 Å². The third-order valence-electron chi connectivity index (χ3n) is 4.28. The van der Waals surface area contributed by atoms with Crippen molar-refractivity contribution in [2.45, 2.75) is 32.4 Å². The predicted octanol–water partition coefficient (Wildman–Crippen LogP) is 3.48. The fourth-order valence-corrected chi connectivity index (χ4v) is 2.75. The molecule has 0 bridgehead atoms. The molecule has 4 nitrogen and oxygen atoms in total. The number of hydrogen-bond acceptors (Lipinski definition) is 3. The third-order valence-corrected chi connectivity index (χ3v) is 4.28. The first-order valence-corrected chi connectivity index (χ1v) is 8.39. The zero-order chi connectivity index (χ0) is 16.8. The van der Waals surface area contributed by atoms with Gasteiger partial charge in [0.25, 0.3) is 5.91 Å². The number of aryl methyl sites for hydroxylation is 1. The first-order chi connectivity index (χ1) is 11.7. The number of amides is 1. The van der Waals surface area contributed by atoms with Gasteiger partial charge in [-0.3, -0.25) is 4.79 Å². The summed E-state index contributed by atoms with van der Waals surface area (Å²) < 4.78 is 11.2. The van der Waals surface area contributed by atoms with Crippen molar-refractivity contribution in [1.82, 2.24) is 5.32 Å². The molecule has 1 fully saturated rings. The lowest BCUT2D eigenvalue weighted by molar-refractivity contribution is 0.0679. The molecule has 0 aromatic heterocycles. The fourth-order valence-electron chi connectivity index (χ4n) is 2.75. The van der Waals surface area contributed by atoms with Crippen LogP contribution < -0.4 is 10.1 Å². The standard InChI is InChI=1S/C20H23NO3/c1-15-5-2-3-6-17(15)13-21-20(22)16-8-10-18(11-9-16)24-14-19-7-4-12-23-19/h2-3,5-6,8-11,19H,4,7,12-14H2,1H3,(H,21,22)/t19-/m1/s1. The highest BCUT2D eigenvalue weighted by molar-refractivity contribution is 5.94. The Morgan fingerprint density at radius 2 is 2.00 bits per heavy atom. The summed E-state index contributed by atoms with van der Waals surface area (Å²) in [5.74, 6) is 0.685. The van der Waals surface area contributed by atoms with E-state index in [1.165, 1.54) is 5.56 Å². The van der Waals surface area contributed by atoms with E-state index >= 15 is 0 Å². The summed E-state index contributed by atoms with van der Waals surface area (Å²) in [6.07, 6.45) is 2.36. The van der Waals surface area contributed by atoms with Crippen LogP contribution in [0, 0.1) is 6.92 Å². The first kappa shape index (κ1) is 16.5. The number of ether oxygens (including phenoxy) is 2. The average Bonchev–Trinajstić information content (AvgIpc) is 3.13. The molecule has 1 heterocycles. The van der Waals surface area contributed by atoms with E-state index in [1.54, 1.807) is 12.1 Å². The van der Waals surface area contributed by atoms with E-state index in [0.717, 1.165) is 30.8 Å². The molecule has 1 saturated heterocycles. The van der Waals surface area contributed by atoms with Crippen molar-refractivity contribution in [3.05, 3.63) is 65.2 Å². The normalized spacial score (nSPS) is 16.8. The minimum absolute atomic E-state index is 0.0797. The quantitative estimate of drug-likeness (QED) is 0.884. The van der Waals surface area contributed by atoms with E-state index in [4.69, 9.17) is 9.47 Å². The highest BCUT2D eigenvalue weighted by Gasteiger charge is 2.16. The maximum absolute atomic E-state index is 12.2. The molecule has 1 aliphatic rings. The monoisotopic (exact) mass is 325 g/mol. The molecule has 126 valence electrons. The van der Waals surface area contributed by atoms with Gasteiger partial charge in [-0.1, -0.05) is 24.3 Å². The second-order valence-electron chi connectivity index (χ2n) is 6.08. The van der Waals surface area contributed by atoms with Crippen LogP contribution in [0.1, 0.15) is 34.3 Å². The number of carbonyl (C=O) groups excluding carboxylic acids is 1. The fraction of sp³-hybridized carbons (Fsp3) is 0.350. The minimum Gasteiger partial charge on any atom is -0.491 e. The molecule has 0 radical (unpaired) electrons. The smallest absolute Gasteiger partial charge is 0.251 e. The second kappa shape index (κ2) is 7.97. The van der Waals surface area contributed by atoms with E-state index < -0.39 is 0 Å². The zero-order valence-electron chi connectivity index (χ0n) is 14.0. The second-order valence-corrected chi connectivity index (χ2v) is 6.08. The maximum atomic E-state index is 12.2. The number of carbonyl (C=O) groups is 1. The Morgan fingerprint density at radius 1 is 1.21 bits per heavy atom. The summed E-state index contributed by atoms with van der Waals surface area (Å²) in [6, 6.07) is 15.3. The van der Waals surface area contributed by atoms with E-state index in [-0.39, 0.29) is 12.0 Å². The molecule has 1 aliphatic heterocycles. The molecule has 1 atom stereocenters. The Kier molecular flexibility index (Phi) is 5.49. The van der Waals surface area contributed by atoms with Gasteiger partial charge >= 0.3 is 0 Å². The van der Waals surface area contributed by atoms with Crippen LogP contribution in [0.5, 0.6) is 5.75 Å². The Balaban J connectivity index is 1.50. The van der Waals surface area contributed by atoms with Gasteiger partial charge in [-0.25, -0.2) is 0 Å². The van der Waals surface area contributed by atoms with Crippen LogP contribution in [0.25, 0.3) is 0 Å². The van der Waals surface area contributed by atoms with Crippen LogP contribution >= 0.6 is 0 Å². The molecule has 0 aliphatic carbocycles. The molecule has 1 amide bonds. The van der Waals surface area contributed by atoms with Gasteiger partial charge in [0.1, 0.15) is 12.4 Å². The van der Waals surface area contributed by atoms with Crippen molar-refractivity contribution in [1.29, 1.82) is 0 Å². The van der Waals surface area contributed by atoms with Gasteiger partial charge in [-0.15, -0.1) is 0 Å². The molecule has 2 aromatic rings. The van der Waals surface area contributed by atoms with Gasteiger partial charge in [0, 0.05) is 18.7 Å². The van der Waals surface area contributed by atoms with Gasteiger partial charge in [0.15, 0.2) is 0 Å². The van der Waals surface area contributed by atoms with E-state index in [2.05, 4.69) is 5.32 Å². The number of hydrogen-bond donors (Lipinski definition) is 1. The third kappa shape index (κ3) is 4.36. The lowest BCUT2D eigenvalue weighted by atomic mass is 10.1. The summed E-state index contributed by atoms with van der Waals surface area (Å²) >= 11 is 0. The SMILES string of the molecule is Cc1ccccc1CNC(=O)c1ccc(OC[C@H]2CCCO2)cc1. The van der Waals surface area contributed by atoms with E-state index in [0.29, 0.717) is 18.7 Å². The number of benzene rings is 2. The van der Waals surface area contributed by atoms with Gasteiger partial charge < -0.3 is 14.8 Å². The molecule has 0 unspecified atom stereocenters. The number of nitrogens with one attached hydrogen (secondary N) is 1. The van der Waals surface area contributed by atoms with Crippen molar-refractivity contribution in [3.8, 4) is 5.75 Å². The lowest BCUT2D eigenvalue weighted by Gasteiger charge is -2.12. The first-order valence-electron chi connectivity index (χ1n) is 8.39. The Bertz CT molecular complexity index is 676. The van der Waals surface area contributed by atoms with Crippen molar-refractivity contribution in [3.63, 3.8) is 0 Å². The largest absolute Gasteiger partial charge is 0.491 e. The minimum atomic E-state index is -0.0797. The summed E-state index contributed by atoms with van der Waals surface area (Å²) in [4.78, 5) is 12.2. The molecule has 3 rings (SSSR count). The van der Waals surface area contributed by atoms with Crippen molar-refractivity contribution < 1.29 is 14.3 Å². The maximum Gasteiger partial charge on any atom is 0.251 e. The topological polar surface area (TPSA) is 47.6 Å². The summed E-state index contributed by atoms with van der Waals surface area (Å²) in [5.41, 5.74) is 2.94. The summed E-state index contributed by atoms with van der Waals surface area (Å²) in [5, 5.41) is 2.95. The number of rotatable bonds is 6. The highest BCUT2D eigenvalue weighted by Crippen LogP contribution is 2.16. The predicted molar refractivity (Wildman–Crippen MR) is 93.3 cm³/mol. The van der Waals surface area contributed by atoms with E-state index in [1.807, 2.05) is 43.3 Å². The van der Waals surface area contributed by atoms with E-state index in [9.17, 15) is 4.79 Å². The molecule has 24 heavy (non-hydrogen) atoms. The van der Waals surface area contributed by atoms with Gasteiger partial charge in [-0.2, -0.15) is 0 Å². The molecule has 1 N–H and O–H groups in total. The molecular formula is C20H23NO3. The van der Waals surface area contributed by atoms with Gasteiger partial charge in [0.05, 0.1) is 6.10 Å². The van der Waals surface area contributed by atoms with Crippen LogP contribution in [-0.2, 0) is 11.3 Å².